The Hall–Kier alpha value is -6.08. The Labute approximate surface area is 281 Å². The minimum Gasteiger partial charge on any atom is -0.309 e. The minimum atomic E-state index is -4.61. The summed E-state index contributed by atoms with van der Waals surface area (Å²) >= 11 is 0. The van der Waals surface area contributed by atoms with Crippen molar-refractivity contribution in [3.8, 4) is 28.6 Å². The molecule has 0 aliphatic carbocycles. The van der Waals surface area contributed by atoms with Gasteiger partial charge in [-0.3, -0.25) is 4.98 Å². The number of aryl methyl sites for hydroxylation is 2. The molecule has 246 valence electrons. The van der Waals surface area contributed by atoms with Crippen molar-refractivity contribution in [3.05, 3.63) is 137 Å². The fourth-order valence-corrected chi connectivity index (χ4v) is 7.07. The molecule has 0 amide bonds. The van der Waals surface area contributed by atoms with Crippen LogP contribution in [0.3, 0.4) is 0 Å². The van der Waals surface area contributed by atoms with Crippen LogP contribution < -0.4 is 0 Å². The van der Waals surface area contributed by atoms with Crippen molar-refractivity contribution in [2.24, 2.45) is 0 Å². The van der Waals surface area contributed by atoms with Crippen molar-refractivity contribution in [1.82, 2.24) is 14.1 Å². The van der Waals surface area contributed by atoms with Crippen molar-refractivity contribution in [2.75, 3.05) is 0 Å². The van der Waals surface area contributed by atoms with Crippen LogP contribution in [0.5, 0.6) is 0 Å². The van der Waals surface area contributed by atoms with E-state index in [0.29, 0.717) is 66.5 Å². The van der Waals surface area contributed by atoms with E-state index in [2.05, 4.69) is 11.1 Å². The van der Waals surface area contributed by atoms with Crippen LogP contribution in [-0.4, -0.2) is 14.1 Å². The predicted octanol–water partition coefficient (Wildman–Crippen LogP) is 11.5. The molecule has 0 radical (unpaired) electrons. The van der Waals surface area contributed by atoms with Gasteiger partial charge in [0.1, 0.15) is 6.07 Å². The lowest BCUT2D eigenvalue weighted by atomic mass is 9.98. The molecular weight excluding hydrogens is 650 g/mol. The van der Waals surface area contributed by atoms with Crippen LogP contribution in [-0.2, 0) is 12.4 Å². The smallest absolute Gasteiger partial charge is 0.309 e. The lowest BCUT2D eigenvalue weighted by Gasteiger charge is -2.19. The number of para-hydroxylation sites is 2. The number of pyridine rings is 1. The van der Waals surface area contributed by atoms with Gasteiger partial charge in [0.15, 0.2) is 0 Å². The largest absolute Gasteiger partial charge is 0.416 e. The van der Waals surface area contributed by atoms with Gasteiger partial charge >= 0.3 is 12.4 Å². The van der Waals surface area contributed by atoms with Crippen LogP contribution in [0.1, 0.15) is 28.1 Å². The monoisotopic (exact) mass is 674 g/mol. The first-order valence-electron chi connectivity index (χ1n) is 15.6. The summed E-state index contributed by atoms with van der Waals surface area (Å²) < 4.78 is 87.8. The van der Waals surface area contributed by atoms with E-state index in [1.165, 1.54) is 12.1 Å². The molecule has 0 fully saturated rings. The molecule has 0 saturated carbocycles. The molecule has 5 aromatic carbocycles. The van der Waals surface area contributed by atoms with E-state index in [9.17, 15) is 31.6 Å². The third-order valence-corrected chi connectivity index (χ3v) is 9.11. The number of nitrogens with zero attached hydrogens (tertiary/aromatic N) is 4. The first kappa shape index (κ1) is 31.2. The molecule has 3 aromatic heterocycles. The molecule has 8 aromatic rings. The number of benzene rings is 5. The highest BCUT2D eigenvalue weighted by molar-refractivity contribution is 6.11. The maximum Gasteiger partial charge on any atom is 0.416 e. The highest BCUT2D eigenvalue weighted by Gasteiger charge is 2.33. The van der Waals surface area contributed by atoms with Crippen LogP contribution in [0.15, 0.2) is 109 Å². The summed E-state index contributed by atoms with van der Waals surface area (Å²) in [4.78, 5) is 4.52. The molecule has 50 heavy (non-hydrogen) atoms. The van der Waals surface area contributed by atoms with Crippen molar-refractivity contribution in [3.63, 3.8) is 0 Å². The van der Waals surface area contributed by atoms with Gasteiger partial charge in [0, 0.05) is 38.5 Å². The molecule has 8 rings (SSSR count). The molecule has 0 saturated heterocycles. The second-order valence-electron chi connectivity index (χ2n) is 12.3. The summed E-state index contributed by atoms with van der Waals surface area (Å²) in [6, 6.07) is 30.8. The van der Waals surface area contributed by atoms with Gasteiger partial charge in [-0.15, -0.1) is 0 Å². The number of aromatic nitrogens is 3. The van der Waals surface area contributed by atoms with E-state index < -0.39 is 23.5 Å². The van der Waals surface area contributed by atoms with Gasteiger partial charge in [-0.2, -0.15) is 31.6 Å². The molecule has 0 N–H and O–H groups in total. The normalized spacial score (nSPS) is 12.4. The molecule has 0 aliphatic heterocycles. The predicted molar refractivity (Wildman–Crippen MR) is 183 cm³/mol. The third-order valence-electron chi connectivity index (χ3n) is 9.11. The zero-order valence-electron chi connectivity index (χ0n) is 26.4. The van der Waals surface area contributed by atoms with Gasteiger partial charge in [0.25, 0.3) is 0 Å². The van der Waals surface area contributed by atoms with E-state index in [-0.39, 0.29) is 16.6 Å². The van der Waals surface area contributed by atoms with E-state index in [1.807, 2.05) is 44.2 Å². The number of nitriles is 1. The van der Waals surface area contributed by atoms with E-state index in [4.69, 9.17) is 0 Å². The Kier molecular flexibility index (Phi) is 6.85. The zero-order valence-corrected chi connectivity index (χ0v) is 26.4. The van der Waals surface area contributed by atoms with Gasteiger partial charge < -0.3 is 9.13 Å². The SMILES string of the molecule is Cc1cc(-c2cc(-n3c4ccccc4c4ccc(C(F)(F)F)cc43)c(C#N)cc2-n2c3ccccc3c3ccc(C(F)(F)F)cc32)cc(C)n1. The molecule has 0 atom stereocenters. The Bertz CT molecular complexity index is 2700. The molecule has 4 nitrogen and oxygen atoms in total. The second kappa shape index (κ2) is 11.0. The Morgan fingerprint density at radius 1 is 0.540 bits per heavy atom. The van der Waals surface area contributed by atoms with Crippen molar-refractivity contribution in [2.45, 2.75) is 26.2 Å². The van der Waals surface area contributed by atoms with E-state index >= 15 is 0 Å². The van der Waals surface area contributed by atoms with Crippen molar-refractivity contribution < 1.29 is 26.3 Å². The first-order chi connectivity index (χ1) is 23.8. The third kappa shape index (κ3) is 4.88. The summed E-state index contributed by atoms with van der Waals surface area (Å²) in [5.74, 6) is 0. The lowest BCUT2D eigenvalue weighted by Crippen LogP contribution is -2.07. The average molecular weight is 675 g/mol. The quantitative estimate of drug-likeness (QED) is 0.175. The van der Waals surface area contributed by atoms with Crippen LogP contribution in [0.4, 0.5) is 26.3 Å². The Morgan fingerprint density at radius 2 is 1.00 bits per heavy atom. The molecule has 10 heteroatoms. The summed E-state index contributed by atoms with van der Waals surface area (Å²) in [7, 11) is 0. The number of hydrogen-bond donors (Lipinski definition) is 0. The number of alkyl halides is 6. The van der Waals surface area contributed by atoms with Gasteiger partial charge in [-0.25, -0.2) is 0 Å². The maximum atomic E-state index is 14.1. The molecular formula is C40H24F6N4. The summed E-state index contributed by atoms with van der Waals surface area (Å²) in [5, 5.41) is 13.3. The van der Waals surface area contributed by atoms with Gasteiger partial charge in [0.05, 0.1) is 50.1 Å². The molecule has 0 unspecified atom stereocenters. The van der Waals surface area contributed by atoms with Crippen LogP contribution in [0, 0.1) is 25.2 Å². The van der Waals surface area contributed by atoms with Gasteiger partial charge in [-0.05, 0) is 80.1 Å². The summed E-state index contributed by atoms with van der Waals surface area (Å²) in [5.41, 5.74) is 3.54. The standard InChI is InChI=1S/C40H24F6N4/c1-22-15-24(16-23(2)48-22)32-20-35(49-33-9-5-3-7-28(33)30-13-11-26(18-37(30)49)39(41,42)43)25(21-47)17-36(32)50-34-10-6-4-8-29(34)31-14-12-27(19-38(31)50)40(44,45)46/h3-20H,1-2H3. The fourth-order valence-electron chi connectivity index (χ4n) is 7.07. The fraction of sp³-hybridized carbons (Fsp3) is 0.100. The molecule has 3 heterocycles. The zero-order chi connectivity index (χ0) is 35.1. The Morgan fingerprint density at radius 3 is 1.48 bits per heavy atom. The van der Waals surface area contributed by atoms with Gasteiger partial charge in [0.2, 0.25) is 0 Å². The summed E-state index contributed by atoms with van der Waals surface area (Å²) in [6.07, 6.45) is -9.22. The maximum absolute atomic E-state index is 14.1. The highest BCUT2D eigenvalue weighted by Crippen LogP contribution is 2.43. The second-order valence-corrected chi connectivity index (χ2v) is 12.3. The number of fused-ring (bicyclic) bond motifs is 6. The minimum absolute atomic E-state index is 0.115. The molecule has 0 bridgehead atoms. The summed E-state index contributed by atoms with van der Waals surface area (Å²) in [6.45, 7) is 3.64. The number of halogens is 6. The number of rotatable bonds is 3. The van der Waals surface area contributed by atoms with Gasteiger partial charge in [-0.1, -0.05) is 48.5 Å². The van der Waals surface area contributed by atoms with E-state index in [0.717, 1.165) is 24.3 Å². The van der Waals surface area contributed by atoms with Crippen LogP contribution in [0.2, 0.25) is 0 Å². The first-order valence-corrected chi connectivity index (χ1v) is 15.6. The molecule has 0 aliphatic rings. The van der Waals surface area contributed by atoms with E-state index in [1.54, 1.807) is 51.6 Å². The topological polar surface area (TPSA) is 46.5 Å². The number of hydrogen-bond acceptors (Lipinski definition) is 2. The highest BCUT2D eigenvalue weighted by atomic mass is 19.4. The van der Waals surface area contributed by atoms with Crippen LogP contribution >= 0.6 is 0 Å². The molecule has 0 spiro atoms. The lowest BCUT2D eigenvalue weighted by molar-refractivity contribution is -0.138. The average Bonchev–Trinajstić information content (AvgIpc) is 3.58. The van der Waals surface area contributed by atoms with Crippen molar-refractivity contribution >= 4 is 43.6 Å². The van der Waals surface area contributed by atoms with Crippen LogP contribution in [0.25, 0.3) is 66.1 Å². The van der Waals surface area contributed by atoms with Crippen molar-refractivity contribution in [1.29, 1.82) is 5.26 Å². The Balaban J connectivity index is 1.54.